The standard InChI is InChI=1S/C29H36ClN5O4S/c1-3-32-16-18-33(19-17-32)14-5-15-34-25(27(37)35(29(34)40)24-12-8-22(30)9-13-24)20-26(36)31-23-10-6-21(7-11-23)28(38)39-4-2/h6-13,25H,3-5,14-20H2,1-2H3,(H,31,36)/t25-/m1/s1. The van der Waals surface area contributed by atoms with Crippen LogP contribution in [-0.2, 0) is 14.3 Å². The molecule has 0 saturated carbocycles. The van der Waals surface area contributed by atoms with E-state index in [1.165, 1.54) is 4.90 Å². The number of amides is 2. The first-order valence-corrected chi connectivity index (χ1v) is 14.5. The molecule has 40 heavy (non-hydrogen) atoms. The predicted molar refractivity (Wildman–Crippen MR) is 161 cm³/mol. The van der Waals surface area contributed by atoms with Crippen molar-refractivity contribution in [2.45, 2.75) is 32.7 Å². The molecule has 4 rings (SSSR count). The van der Waals surface area contributed by atoms with Gasteiger partial charge in [0.1, 0.15) is 6.04 Å². The second kappa shape index (κ2) is 14.0. The van der Waals surface area contributed by atoms with Crippen molar-refractivity contribution in [3.8, 4) is 0 Å². The van der Waals surface area contributed by atoms with Gasteiger partial charge in [-0.2, -0.15) is 0 Å². The molecule has 2 aromatic carbocycles. The summed E-state index contributed by atoms with van der Waals surface area (Å²) < 4.78 is 5.01. The number of ether oxygens (including phenoxy) is 1. The van der Waals surface area contributed by atoms with E-state index in [1.807, 2.05) is 4.90 Å². The van der Waals surface area contributed by atoms with Crippen LogP contribution in [0.5, 0.6) is 0 Å². The Morgan fingerprint density at radius 1 is 0.975 bits per heavy atom. The highest BCUT2D eigenvalue weighted by Crippen LogP contribution is 2.29. The number of nitrogens with one attached hydrogen (secondary N) is 1. The van der Waals surface area contributed by atoms with Gasteiger partial charge in [-0.1, -0.05) is 18.5 Å². The third-order valence-corrected chi connectivity index (χ3v) is 7.92. The SMILES string of the molecule is CCOC(=O)c1ccc(NC(=O)C[C@@H]2C(=O)N(c3ccc(Cl)cc3)C(=S)N2CCCN2CCN(CC)CC2)cc1. The Bertz CT molecular complexity index is 1200. The second-order valence-corrected chi connectivity index (χ2v) is 10.6. The van der Waals surface area contributed by atoms with Crippen molar-refractivity contribution in [3.63, 3.8) is 0 Å². The van der Waals surface area contributed by atoms with E-state index < -0.39 is 12.0 Å². The zero-order chi connectivity index (χ0) is 28.6. The van der Waals surface area contributed by atoms with Crippen molar-refractivity contribution >= 4 is 58.1 Å². The Morgan fingerprint density at radius 2 is 1.62 bits per heavy atom. The number of nitrogens with zero attached hydrogens (tertiary/aromatic N) is 4. The fourth-order valence-corrected chi connectivity index (χ4v) is 5.54. The van der Waals surface area contributed by atoms with Crippen LogP contribution in [0.1, 0.15) is 37.0 Å². The Kier molecular flexibility index (Phi) is 10.5. The monoisotopic (exact) mass is 585 g/mol. The topological polar surface area (TPSA) is 85.4 Å². The van der Waals surface area contributed by atoms with E-state index in [1.54, 1.807) is 55.5 Å². The summed E-state index contributed by atoms with van der Waals surface area (Å²) in [6, 6.07) is 12.7. The molecule has 1 atom stereocenters. The molecule has 2 aliphatic rings. The predicted octanol–water partition coefficient (Wildman–Crippen LogP) is 3.88. The van der Waals surface area contributed by atoms with Gasteiger partial charge >= 0.3 is 5.97 Å². The van der Waals surface area contributed by atoms with E-state index in [9.17, 15) is 14.4 Å². The first-order chi connectivity index (χ1) is 19.3. The maximum absolute atomic E-state index is 13.6. The summed E-state index contributed by atoms with van der Waals surface area (Å²) in [6.45, 7) is 10.9. The lowest BCUT2D eigenvalue weighted by atomic mass is 10.1. The number of carbonyl (C=O) groups is 3. The van der Waals surface area contributed by atoms with E-state index in [-0.39, 0.29) is 24.8 Å². The molecule has 2 saturated heterocycles. The van der Waals surface area contributed by atoms with Gasteiger partial charge < -0.3 is 24.8 Å². The largest absolute Gasteiger partial charge is 0.462 e. The number of benzene rings is 2. The van der Waals surface area contributed by atoms with Crippen molar-refractivity contribution < 1.29 is 19.1 Å². The molecule has 11 heteroatoms. The molecule has 2 aromatic rings. The Labute approximate surface area is 246 Å². The third-order valence-electron chi connectivity index (χ3n) is 7.25. The molecule has 0 bridgehead atoms. The van der Waals surface area contributed by atoms with E-state index in [0.29, 0.717) is 33.6 Å². The van der Waals surface area contributed by atoms with Gasteiger partial charge in [0.25, 0.3) is 5.91 Å². The van der Waals surface area contributed by atoms with Crippen molar-refractivity contribution in [3.05, 3.63) is 59.1 Å². The highest BCUT2D eigenvalue weighted by molar-refractivity contribution is 7.80. The molecule has 2 fully saturated rings. The van der Waals surface area contributed by atoms with Crippen LogP contribution in [0, 0.1) is 0 Å². The summed E-state index contributed by atoms with van der Waals surface area (Å²) in [6.07, 6.45) is 0.763. The number of hydrogen-bond donors (Lipinski definition) is 1. The van der Waals surface area contributed by atoms with Gasteiger partial charge in [-0.15, -0.1) is 0 Å². The highest BCUT2D eigenvalue weighted by atomic mass is 35.5. The number of anilines is 2. The van der Waals surface area contributed by atoms with Crippen molar-refractivity contribution in [1.82, 2.24) is 14.7 Å². The molecule has 9 nitrogen and oxygen atoms in total. The highest BCUT2D eigenvalue weighted by Gasteiger charge is 2.43. The summed E-state index contributed by atoms with van der Waals surface area (Å²) in [5.41, 5.74) is 1.55. The van der Waals surface area contributed by atoms with E-state index in [2.05, 4.69) is 22.0 Å². The minimum Gasteiger partial charge on any atom is -0.462 e. The maximum Gasteiger partial charge on any atom is 0.338 e. The van der Waals surface area contributed by atoms with Crippen molar-refractivity contribution in [2.24, 2.45) is 0 Å². The van der Waals surface area contributed by atoms with Crippen LogP contribution < -0.4 is 10.2 Å². The van der Waals surface area contributed by atoms with Gasteiger partial charge in [0.15, 0.2) is 5.11 Å². The number of esters is 1. The molecule has 2 amide bonds. The summed E-state index contributed by atoms with van der Waals surface area (Å²) >= 11 is 11.8. The van der Waals surface area contributed by atoms with Gasteiger partial charge in [-0.05, 0) is 87.2 Å². The van der Waals surface area contributed by atoms with E-state index in [0.717, 1.165) is 45.7 Å². The van der Waals surface area contributed by atoms with Gasteiger partial charge in [0.2, 0.25) is 5.91 Å². The van der Waals surface area contributed by atoms with Gasteiger partial charge in [-0.3, -0.25) is 14.5 Å². The Balaban J connectivity index is 1.43. The molecule has 2 heterocycles. The average Bonchev–Trinajstić information content (AvgIpc) is 3.18. The number of rotatable bonds is 11. The molecular weight excluding hydrogens is 550 g/mol. The van der Waals surface area contributed by atoms with Crippen LogP contribution in [0.2, 0.25) is 5.02 Å². The maximum atomic E-state index is 13.6. The van der Waals surface area contributed by atoms with E-state index in [4.69, 9.17) is 28.6 Å². The van der Waals surface area contributed by atoms with E-state index >= 15 is 0 Å². The quantitative estimate of drug-likeness (QED) is 0.314. The van der Waals surface area contributed by atoms with Crippen LogP contribution in [0.3, 0.4) is 0 Å². The first kappa shape index (κ1) is 29.9. The zero-order valence-corrected chi connectivity index (χ0v) is 24.5. The van der Waals surface area contributed by atoms with Crippen LogP contribution >= 0.6 is 23.8 Å². The van der Waals surface area contributed by atoms with Crippen molar-refractivity contribution in [2.75, 3.05) is 62.6 Å². The molecule has 0 unspecified atom stereocenters. The molecule has 0 spiro atoms. The van der Waals surface area contributed by atoms with Gasteiger partial charge in [0, 0.05) is 43.4 Å². The minimum absolute atomic E-state index is 0.0577. The normalized spacial score (nSPS) is 18.3. The second-order valence-electron chi connectivity index (χ2n) is 9.82. The fraction of sp³-hybridized carbons (Fsp3) is 0.448. The molecule has 1 N–H and O–H groups in total. The summed E-state index contributed by atoms with van der Waals surface area (Å²) in [7, 11) is 0. The molecule has 2 aliphatic heterocycles. The number of hydrogen-bond acceptors (Lipinski definition) is 7. The lowest BCUT2D eigenvalue weighted by Gasteiger charge is -2.34. The van der Waals surface area contributed by atoms with Crippen LogP contribution in [-0.4, -0.2) is 96.1 Å². The van der Waals surface area contributed by atoms with Gasteiger partial charge in [0.05, 0.1) is 24.3 Å². The van der Waals surface area contributed by atoms with Crippen LogP contribution in [0.15, 0.2) is 48.5 Å². The minimum atomic E-state index is -0.723. The summed E-state index contributed by atoms with van der Waals surface area (Å²) in [4.78, 5) is 46.9. The summed E-state index contributed by atoms with van der Waals surface area (Å²) in [5.74, 6) is -0.976. The molecule has 0 radical (unpaired) electrons. The molecule has 0 aromatic heterocycles. The molecule has 0 aliphatic carbocycles. The Morgan fingerprint density at radius 3 is 2.25 bits per heavy atom. The Hall–Kier alpha value is -3.05. The first-order valence-electron chi connectivity index (χ1n) is 13.7. The number of likely N-dealkylation sites (N-methyl/N-ethyl adjacent to an activating group) is 1. The van der Waals surface area contributed by atoms with Crippen LogP contribution in [0.4, 0.5) is 11.4 Å². The van der Waals surface area contributed by atoms with Crippen LogP contribution in [0.25, 0.3) is 0 Å². The zero-order valence-electron chi connectivity index (χ0n) is 23.0. The average molecular weight is 586 g/mol. The summed E-state index contributed by atoms with van der Waals surface area (Å²) in [5, 5.41) is 3.79. The molecular formula is C29H36ClN5O4S. The lowest BCUT2D eigenvalue weighted by molar-refractivity contribution is -0.124. The number of piperazine rings is 1. The number of carbonyl (C=O) groups excluding carboxylic acids is 3. The fourth-order valence-electron chi connectivity index (χ4n) is 5.00. The number of thiocarbonyl (C=S) groups is 1. The van der Waals surface area contributed by atoms with Gasteiger partial charge in [-0.25, -0.2) is 4.79 Å². The van der Waals surface area contributed by atoms with Crippen molar-refractivity contribution in [1.29, 1.82) is 0 Å². The third kappa shape index (κ3) is 7.37. The lowest BCUT2D eigenvalue weighted by Crippen LogP contribution is -2.47. The molecule has 214 valence electrons. The number of halogens is 1. The smallest absolute Gasteiger partial charge is 0.338 e.